The Kier molecular flexibility index (Phi) is 5.49. The topological polar surface area (TPSA) is 138 Å². The molecule has 172 valence electrons. The summed E-state index contributed by atoms with van der Waals surface area (Å²) in [5.41, 5.74) is 3.97. The Hall–Kier alpha value is -3.12. The number of nitrogens with one attached hydrogen (secondary N) is 1. The number of nitrogens with zero attached hydrogens (tertiary/aromatic N) is 4. The van der Waals surface area contributed by atoms with E-state index in [1.54, 1.807) is 31.6 Å². The lowest BCUT2D eigenvalue weighted by Gasteiger charge is -2.20. The number of hydrogen-bond donors (Lipinski definition) is 3. The predicted molar refractivity (Wildman–Crippen MR) is 119 cm³/mol. The molecule has 2 aliphatic heterocycles. The monoisotopic (exact) mass is 469 g/mol. The zero-order valence-electron chi connectivity index (χ0n) is 17.8. The van der Waals surface area contributed by atoms with Crippen LogP contribution in [0.25, 0.3) is 11.1 Å². The predicted octanol–water partition coefficient (Wildman–Crippen LogP) is 2.82. The van der Waals surface area contributed by atoms with E-state index in [1.165, 1.54) is 12.3 Å². The number of ether oxygens (including phenoxy) is 1. The van der Waals surface area contributed by atoms with Gasteiger partial charge in [0.15, 0.2) is 27.3 Å². The van der Waals surface area contributed by atoms with Gasteiger partial charge in [-0.05, 0) is 41.8 Å². The molecule has 1 saturated heterocycles. The Morgan fingerprint density at radius 2 is 2.03 bits per heavy atom. The normalized spacial score (nSPS) is 22.3. The second-order valence-corrected chi connectivity index (χ2v) is 10.1. The van der Waals surface area contributed by atoms with Crippen LogP contribution in [0.4, 0.5) is 11.4 Å². The number of aliphatic hydroxyl groups excluding tert-OH is 1. The van der Waals surface area contributed by atoms with Gasteiger partial charge >= 0.3 is 0 Å². The summed E-state index contributed by atoms with van der Waals surface area (Å²) in [6, 6.07) is 6.87. The van der Waals surface area contributed by atoms with E-state index in [9.17, 15) is 18.7 Å². The van der Waals surface area contributed by atoms with Crippen LogP contribution >= 0.6 is 0 Å². The number of sulfone groups is 1. The third kappa shape index (κ3) is 3.93. The molecule has 5 rings (SSSR count). The fourth-order valence-corrected chi connectivity index (χ4v) is 4.93. The molecule has 10 nitrogen and oxygen atoms in total. The third-order valence-electron chi connectivity index (χ3n) is 5.90. The lowest BCUT2D eigenvalue weighted by Crippen LogP contribution is -2.25. The van der Waals surface area contributed by atoms with E-state index in [0.717, 1.165) is 16.2 Å². The first-order valence-electron chi connectivity index (χ1n) is 10.6. The number of pyridine rings is 1. The number of aromatic nitrogens is 3. The number of anilines is 2. The van der Waals surface area contributed by atoms with Gasteiger partial charge in [0, 0.05) is 30.6 Å². The van der Waals surface area contributed by atoms with E-state index in [1.807, 2.05) is 12.1 Å². The van der Waals surface area contributed by atoms with Gasteiger partial charge in [-0.15, -0.1) is 0 Å². The summed E-state index contributed by atoms with van der Waals surface area (Å²) in [4.78, 5) is 12.5. The molecule has 0 radical (unpaired) electrons. The summed E-state index contributed by atoms with van der Waals surface area (Å²) >= 11 is 0. The fraction of sp³-hybridized carbons (Fsp3) is 0.318. The molecular weight excluding hydrogens is 446 g/mol. The second-order valence-electron chi connectivity index (χ2n) is 7.92. The Labute approximate surface area is 190 Å². The molecule has 0 aliphatic carbocycles. The van der Waals surface area contributed by atoms with Crippen molar-refractivity contribution in [1.82, 2.24) is 15.0 Å². The average Bonchev–Trinajstić information content (AvgIpc) is 3.41. The van der Waals surface area contributed by atoms with Crippen molar-refractivity contribution in [1.29, 1.82) is 0 Å². The zero-order valence-corrected chi connectivity index (χ0v) is 18.6. The Morgan fingerprint density at radius 3 is 2.67 bits per heavy atom. The Bertz CT molecular complexity index is 1270. The smallest absolute Gasteiger partial charge is 0.195 e. The van der Waals surface area contributed by atoms with Gasteiger partial charge in [0.1, 0.15) is 5.69 Å². The molecule has 3 N–H and O–H groups in total. The molecule has 1 aromatic carbocycles. The molecule has 2 aromatic heterocycles. The van der Waals surface area contributed by atoms with Crippen LogP contribution in [0, 0.1) is 0 Å². The van der Waals surface area contributed by atoms with Gasteiger partial charge in [0.05, 0.1) is 29.4 Å². The van der Waals surface area contributed by atoms with Crippen molar-refractivity contribution in [3.8, 4) is 11.1 Å². The molecule has 3 atom stereocenters. The Morgan fingerprint density at radius 1 is 1.18 bits per heavy atom. The minimum absolute atomic E-state index is 0.0198. The fourth-order valence-electron chi connectivity index (χ4n) is 4.14. The highest BCUT2D eigenvalue weighted by molar-refractivity contribution is 7.91. The van der Waals surface area contributed by atoms with Crippen LogP contribution < -0.4 is 10.4 Å². The van der Waals surface area contributed by atoms with Gasteiger partial charge in [-0.1, -0.05) is 6.92 Å². The van der Waals surface area contributed by atoms with Gasteiger partial charge < -0.3 is 15.2 Å². The summed E-state index contributed by atoms with van der Waals surface area (Å²) in [7, 11) is -3.42. The van der Waals surface area contributed by atoms with Crippen molar-refractivity contribution in [3.63, 3.8) is 0 Å². The van der Waals surface area contributed by atoms with Crippen molar-refractivity contribution in [3.05, 3.63) is 60.3 Å². The molecule has 2 aliphatic rings. The van der Waals surface area contributed by atoms with E-state index in [-0.39, 0.29) is 16.9 Å². The van der Waals surface area contributed by atoms with Crippen molar-refractivity contribution in [2.75, 3.05) is 16.1 Å². The SMILES string of the molecule is CCS(=O)(=O)c1ccc(-c2cc3c(cc2C2CCC(O)O2)N(O)C(c2cnccn2)N3)cn1. The quantitative estimate of drug-likeness (QED) is 0.511. The van der Waals surface area contributed by atoms with Crippen molar-refractivity contribution in [2.45, 2.75) is 43.4 Å². The molecule has 11 heteroatoms. The number of hydroxylamine groups is 1. The summed E-state index contributed by atoms with van der Waals surface area (Å²) in [6.45, 7) is 1.58. The zero-order chi connectivity index (χ0) is 23.2. The number of aliphatic hydroxyl groups is 1. The van der Waals surface area contributed by atoms with E-state index >= 15 is 0 Å². The van der Waals surface area contributed by atoms with E-state index in [2.05, 4.69) is 20.3 Å². The minimum Gasteiger partial charge on any atom is -0.368 e. The summed E-state index contributed by atoms with van der Waals surface area (Å²) in [5.74, 6) is -0.0305. The number of benzene rings is 1. The van der Waals surface area contributed by atoms with E-state index in [4.69, 9.17) is 4.74 Å². The number of hydrogen-bond acceptors (Lipinski definition) is 10. The van der Waals surface area contributed by atoms with Crippen LogP contribution in [0.15, 0.2) is 54.1 Å². The molecule has 3 unspecified atom stereocenters. The standard InChI is InChI=1S/C22H23N5O5S/c1-2-33(30,31)20-5-3-13(11-25-20)14-9-16-18(10-15(14)19-4-6-21(28)32-19)27(29)22(26-16)17-12-23-7-8-24-17/h3,5,7-12,19,21-22,26,28-29H,2,4,6H2,1H3. The van der Waals surface area contributed by atoms with Crippen LogP contribution in [-0.4, -0.2) is 45.7 Å². The lowest BCUT2D eigenvalue weighted by molar-refractivity contribution is -0.0912. The molecule has 4 heterocycles. The molecule has 3 aromatic rings. The number of fused-ring (bicyclic) bond motifs is 1. The van der Waals surface area contributed by atoms with E-state index in [0.29, 0.717) is 35.5 Å². The minimum atomic E-state index is -3.42. The third-order valence-corrected chi connectivity index (χ3v) is 7.54. The lowest BCUT2D eigenvalue weighted by atomic mass is 9.94. The van der Waals surface area contributed by atoms with Gasteiger partial charge in [0.25, 0.3) is 0 Å². The molecule has 0 bridgehead atoms. The average molecular weight is 470 g/mol. The molecule has 33 heavy (non-hydrogen) atoms. The summed E-state index contributed by atoms with van der Waals surface area (Å²) in [6.07, 6.45) is 5.43. The first-order valence-corrected chi connectivity index (χ1v) is 12.2. The maximum absolute atomic E-state index is 12.2. The maximum atomic E-state index is 12.2. The van der Waals surface area contributed by atoms with Crippen LogP contribution in [0.5, 0.6) is 0 Å². The molecule has 0 amide bonds. The Balaban J connectivity index is 1.58. The molecule has 0 saturated carbocycles. The second kappa shape index (κ2) is 8.34. The van der Waals surface area contributed by atoms with E-state index < -0.39 is 22.3 Å². The van der Waals surface area contributed by atoms with Gasteiger partial charge in [-0.25, -0.2) is 18.5 Å². The number of rotatable bonds is 5. The largest absolute Gasteiger partial charge is 0.368 e. The first kappa shape index (κ1) is 21.7. The first-order chi connectivity index (χ1) is 15.9. The maximum Gasteiger partial charge on any atom is 0.195 e. The summed E-state index contributed by atoms with van der Waals surface area (Å²) < 4.78 is 30.0. The highest BCUT2D eigenvalue weighted by Gasteiger charge is 2.34. The molecular formula is C22H23N5O5S. The van der Waals surface area contributed by atoms with Crippen LogP contribution in [0.2, 0.25) is 0 Å². The van der Waals surface area contributed by atoms with Crippen molar-refractivity contribution in [2.24, 2.45) is 0 Å². The van der Waals surface area contributed by atoms with Gasteiger partial charge in [0.2, 0.25) is 0 Å². The van der Waals surface area contributed by atoms with Gasteiger partial charge in [-0.3, -0.25) is 15.2 Å². The van der Waals surface area contributed by atoms with Gasteiger partial charge in [-0.2, -0.15) is 0 Å². The van der Waals surface area contributed by atoms with Crippen LogP contribution in [-0.2, 0) is 14.6 Å². The van der Waals surface area contributed by atoms with Crippen molar-refractivity contribution >= 4 is 21.2 Å². The van der Waals surface area contributed by atoms with Crippen LogP contribution in [0.3, 0.4) is 0 Å². The molecule has 1 fully saturated rings. The van der Waals surface area contributed by atoms with Crippen molar-refractivity contribution < 1.29 is 23.5 Å². The summed E-state index contributed by atoms with van der Waals surface area (Å²) in [5, 5.41) is 25.1. The highest BCUT2D eigenvalue weighted by atomic mass is 32.2. The highest BCUT2D eigenvalue weighted by Crippen LogP contribution is 2.47. The van der Waals surface area contributed by atoms with Crippen LogP contribution in [0.1, 0.15) is 43.3 Å². The molecule has 0 spiro atoms.